The van der Waals surface area contributed by atoms with Crippen LogP contribution in [0.5, 0.6) is 11.5 Å². The number of thiophene rings is 1. The van der Waals surface area contributed by atoms with Gasteiger partial charge in [0.25, 0.3) is 0 Å². The van der Waals surface area contributed by atoms with E-state index < -0.39 is 0 Å². The smallest absolute Gasteiger partial charge is 0.322 e. The third kappa shape index (κ3) is 7.49. The number of nitrogens with zero attached hydrogens (tertiary/aromatic N) is 2. The molecule has 3 aromatic rings. The van der Waals surface area contributed by atoms with E-state index in [-0.39, 0.29) is 24.5 Å². The van der Waals surface area contributed by atoms with Gasteiger partial charge < -0.3 is 24.6 Å². The summed E-state index contributed by atoms with van der Waals surface area (Å²) in [6, 6.07) is 15.3. The number of anilines is 1. The van der Waals surface area contributed by atoms with Gasteiger partial charge in [-0.3, -0.25) is 4.79 Å². The molecule has 0 radical (unpaired) electrons. The molecular weight excluding hydrogens is 486 g/mol. The van der Waals surface area contributed by atoms with Gasteiger partial charge in [-0.25, -0.2) is 4.79 Å². The van der Waals surface area contributed by atoms with Crippen molar-refractivity contribution in [3.63, 3.8) is 0 Å². The molecule has 1 heterocycles. The van der Waals surface area contributed by atoms with Gasteiger partial charge in [0, 0.05) is 23.2 Å². The van der Waals surface area contributed by atoms with Crippen LogP contribution in [0.4, 0.5) is 10.5 Å². The van der Waals surface area contributed by atoms with E-state index >= 15 is 0 Å². The minimum atomic E-state index is -0.281. The van der Waals surface area contributed by atoms with Crippen LogP contribution < -0.4 is 14.8 Å². The summed E-state index contributed by atoms with van der Waals surface area (Å²) in [4.78, 5) is 31.4. The number of carbonyl (C=O) groups excluding carboxylic acids is 2. The van der Waals surface area contributed by atoms with E-state index in [9.17, 15) is 9.59 Å². The molecule has 1 N–H and O–H groups in total. The van der Waals surface area contributed by atoms with Crippen molar-refractivity contribution in [2.45, 2.75) is 46.7 Å². The Labute approximate surface area is 224 Å². The highest BCUT2D eigenvalue weighted by molar-refractivity contribution is 7.09. The number of ether oxygens (including phenoxy) is 2. The van der Waals surface area contributed by atoms with Crippen LogP contribution >= 0.6 is 11.3 Å². The standard InChI is InChI=1S/C29H37N3O4S/c1-20(2)32(29(34)30-28-21(3)9-7-10-22(28)4)19-27(33)31(18-24-11-8-16-37-24)15-14-23-12-13-25(35-5)26(17-23)36-6/h7-13,16-17,20H,14-15,18-19H2,1-6H3,(H,30,34). The lowest BCUT2D eigenvalue weighted by molar-refractivity contribution is -0.132. The van der Waals surface area contributed by atoms with Gasteiger partial charge in [-0.05, 0) is 74.4 Å². The molecular formula is C29H37N3O4S. The van der Waals surface area contributed by atoms with Gasteiger partial charge in [-0.2, -0.15) is 0 Å². The Bertz CT molecular complexity index is 1170. The maximum absolute atomic E-state index is 13.6. The van der Waals surface area contributed by atoms with Gasteiger partial charge in [0.2, 0.25) is 5.91 Å². The van der Waals surface area contributed by atoms with E-state index in [1.54, 1.807) is 30.5 Å². The second kappa shape index (κ2) is 13.1. The second-order valence-corrected chi connectivity index (χ2v) is 10.3. The summed E-state index contributed by atoms with van der Waals surface area (Å²) >= 11 is 1.61. The number of carbonyl (C=O) groups is 2. The van der Waals surface area contributed by atoms with Crippen molar-refractivity contribution in [1.29, 1.82) is 0 Å². The second-order valence-electron chi connectivity index (χ2n) is 9.25. The average molecular weight is 524 g/mol. The van der Waals surface area contributed by atoms with Crippen LogP contribution in [0.25, 0.3) is 0 Å². The highest BCUT2D eigenvalue weighted by atomic mass is 32.1. The minimum Gasteiger partial charge on any atom is -0.493 e. The zero-order valence-electron chi connectivity index (χ0n) is 22.5. The first-order valence-corrected chi connectivity index (χ1v) is 13.3. The molecule has 0 aliphatic carbocycles. The zero-order valence-corrected chi connectivity index (χ0v) is 23.4. The molecule has 0 aliphatic heterocycles. The molecule has 0 bridgehead atoms. The lowest BCUT2D eigenvalue weighted by Crippen LogP contribution is -2.47. The van der Waals surface area contributed by atoms with Crippen molar-refractivity contribution < 1.29 is 19.1 Å². The zero-order chi connectivity index (χ0) is 26.9. The fourth-order valence-electron chi connectivity index (χ4n) is 4.11. The highest BCUT2D eigenvalue weighted by Crippen LogP contribution is 2.28. The molecule has 0 unspecified atom stereocenters. The summed E-state index contributed by atoms with van der Waals surface area (Å²) in [7, 11) is 3.22. The predicted octanol–water partition coefficient (Wildman–Crippen LogP) is 5.90. The third-order valence-corrected chi connectivity index (χ3v) is 7.16. The highest BCUT2D eigenvalue weighted by Gasteiger charge is 2.25. The molecule has 2 aromatic carbocycles. The lowest BCUT2D eigenvalue weighted by Gasteiger charge is -2.30. The number of hydrogen-bond donors (Lipinski definition) is 1. The molecule has 8 heteroatoms. The Hall–Kier alpha value is -3.52. The molecule has 0 fully saturated rings. The van der Waals surface area contributed by atoms with Crippen LogP contribution in [-0.2, 0) is 17.8 Å². The first-order valence-electron chi connectivity index (χ1n) is 12.4. The van der Waals surface area contributed by atoms with E-state index in [1.807, 2.05) is 86.5 Å². The van der Waals surface area contributed by atoms with Crippen molar-refractivity contribution in [3.05, 3.63) is 75.5 Å². The molecule has 1 aromatic heterocycles. The van der Waals surface area contributed by atoms with E-state index in [4.69, 9.17) is 9.47 Å². The summed E-state index contributed by atoms with van der Waals surface area (Å²) in [6.45, 7) is 8.76. The fourth-order valence-corrected chi connectivity index (χ4v) is 4.83. The van der Waals surface area contributed by atoms with Gasteiger partial charge in [-0.15, -0.1) is 11.3 Å². The van der Waals surface area contributed by atoms with Crippen LogP contribution in [0.2, 0.25) is 0 Å². The number of methoxy groups -OCH3 is 2. The molecule has 0 saturated carbocycles. The van der Waals surface area contributed by atoms with Gasteiger partial charge in [-0.1, -0.05) is 30.3 Å². The lowest BCUT2D eigenvalue weighted by atomic mass is 10.1. The van der Waals surface area contributed by atoms with E-state index in [2.05, 4.69) is 5.32 Å². The average Bonchev–Trinajstić information content (AvgIpc) is 3.39. The summed E-state index contributed by atoms with van der Waals surface area (Å²) in [5, 5.41) is 5.03. The SMILES string of the molecule is COc1ccc(CCN(Cc2cccs2)C(=O)CN(C(=O)Nc2c(C)cccc2C)C(C)C)cc1OC. The predicted molar refractivity (Wildman–Crippen MR) is 150 cm³/mol. The largest absolute Gasteiger partial charge is 0.493 e. The molecule has 0 aliphatic rings. The number of urea groups is 1. The molecule has 37 heavy (non-hydrogen) atoms. The summed E-state index contributed by atoms with van der Waals surface area (Å²) < 4.78 is 10.8. The number of rotatable bonds is 11. The van der Waals surface area contributed by atoms with Gasteiger partial charge >= 0.3 is 6.03 Å². The van der Waals surface area contributed by atoms with Crippen molar-refractivity contribution in [3.8, 4) is 11.5 Å². The number of aryl methyl sites for hydroxylation is 2. The van der Waals surface area contributed by atoms with Crippen LogP contribution in [0.15, 0.2) is 53.9 Å². The Morgan fingerprint density at radius 1 is 0.973 bits per heavy atom. The summed E-state index contributed by atoms with van der Waals surface area (Å²) in [5.74, 6) is 1.23. The fraction of sp³-hybridized carbons (Fsp3) is 0.379. The molecule has 198 valence electrons. The van der Waals surface area contributed by atoms with E-state index in [1.165, 1.54) is 0 Å². The van der Waals surface area contributed by atoms with Crippen molar-refractivity contribution in [1.82, 2.24) is 9.80 Å². The summed E-state index contributed by atoms with van der Waals surface area (Å²) in [6.07, 6.45) is 0.647. The number of benzene rings is 2. The van der Waals surface area contributed by atoms with Gasteiger partial charge in [0.05, 0.1) is 20.8 Å². The number of amides is 3. The topological polar surface area (TPSA) is 71.1 Å². The molecule has 3 amide bonds. The Morgan fingerprint density at radius 3 is 2.27 bits per heavy atom. The van der Waals surface area contributed by atoms with E-state index in [0.29, 0.717) is 31.0 Å². The van der Waals surface area contributed by atoms with Crippen molar-refractivity contribution >= 4 is 29.0 Å². The third-order valence-electron chi connectivity index (χ3n) is 6.30. The first-order chi connectivity index (χ1) is 17.7. The Kier molecular flexibility index (Phi) is 9.97. The maximum atomic E-state index is 13.6. The van der Waals surface area contributed by atoms with Crippen molar-refractivity contribution in [2.75, 3.05) is 32.6 Å². The van der Waals surface area contributed by atoms with Crippen LogP contribution in [-0.4, -0.2) is 55.1 Å². The van der Waals surface area contributed by atoms with Crippen LogP contribution in [0, 0.1) is 13.8 Å². The number of para-hydroxylation sites is 1. The monoisotopic (exact) mass is 523 g/mol. The molecule has 0 spiro atoms. The molecule has 0 saturated heterocycles. The van der Waals surface area contributed by atoms with Gasteiger partial charge in [0.15, 0.2) is 11.5 Å². The Morgan fingerprint density at radius 2 is 1.68 bits per heavy atom. The minimum absolute atomic E-state index is 0.00820. The molecule has 7 nitrogen and oxygen atoms in total. The quantitative estimate of drug-likeness (QED) is 0.340. The van der Waals surface area contributed by atoms with Crippen molar-refractivity contribution in [2.24, 2.45) is 0 Å². The molecule has 0 atom stereocenters. The first kappa shape index (κ1) is 28.1. The van der Waals surface area contributed by atoms with E-state index in [0.717, 1.165) is 27.3 Å². The van der Waals surface area contributed by atoms with Gasteiger partial charge in [0.1, 0.15) is 6.54 Å². The summed E-state index contributed by atoms with van der Waals surface area (Å²) in [5.41, 5.74) is 3.79. The van der Waals surface area contributed by atoms with Crippen LogP contribution in [0.1, 0.15) is 35.4 Å². The molecule has 3 rings (SSSR count). The number of nitrogens with one attached hydrogen (secondary N) is 1. The van der Waals surface area contributed by atoms with Crippen LogP contribution in [0.3, 0.4) is 0 Å². The Balaban J connectivity index is 1.76. The normalized spacial score (nSPS) is 10.8. The maximum Gasteiger partial charge on any atom is 0.322 e. The number of hydrogen-bond acceptors (Lipinski definition) is 5.